The summed E-state index contributed by atoms with van der Waals surface area (Å²) in [5, 5.41) is 48.9. The lowest BCUT2D eigenvalue weighted by atomic mass is 10.1. The maximum Gasteiger partial charge on any atom is 0.367 e. The molecule has 0 aromatic carbocycles. The normalized spacial score (nSPS) is 26.6. The van der Waals surface area contributed by atoms with Crippen molar-refractivity contribution in [1.82, 2.24) is 40.4 Å². The van der Waals surface area contributed by atoms with Crippen LogP contribution in [0.2, 0.25) is 5.28 Å². The highest BCUT2D eigenvalue weighted by molar-refractivity contribution is 7.52. The van der Waals surface area contributed by atoms with Crippen LogP contribution in [0.1, 0.15) is 37.7 Å². The van der Waals surface area contributed by atoms with Crippen LogP contribution in [0.5, 0.6) is 0 Å². The number of rotatable bonds is 9. The number of hydrogen-bond donors (Lipinski definition) is 7. The second kappa shape index (κ2) is 10.1. The number of ether oxygens (including phenoxy) is 2. The van der Waals surface area contributed by atoms with E-state index in [4.69, 9.17) is 21.1 Å². The SMILES string of the molecule is O=P(O)(O)C(CO)(OC[C@H]1O[C@@H](n2ncc3c(NC4CCCC4)nc(Cl)nc32)[C@H](O)[C@@H]1O)c1nn[nH]n1. The first kappa shape index (κ1) is 26.3. The van der Waals surface area contributed by atoms with Crippen LogP contribution in [-0.4, -0.2) is 103 Å². The van der Waals surface area contributed by atoms with Gasteiger partial charge in [0, 0.05) is 6.04 Å². The Morgan fingerprint density at radius 3 is 2.68 bits per heavy atom. The van der Waals surface area contributed by atoms with Crippen LogP contribution < -0.4 is 5.32 Å². The molecular weight excluding hydrogens is 537 g/mol. The molecule has 0 radical (unpaired) electrons. The van der Waals surface area contributed by atoms with Gasteiger partial charge in [0.1, 0.15) is 24.1 Å². The Hall–Kier alpha value is -2.34. The molecule has 19 heteroatoms. The number of nitrogens with one attached hydrogen (secondary N) is 2. The largest absolute Gasteiger partial charge is 0.392 e. The van der Waals surface area contributed by atoms with E-state index < -0.39 is 56.5 Å². The minimum absolute atomic E-state index is 0.0582. The summed E-state index contributed by atoms with van der Waals surface area (Å²) in [6.45, 7) is -1.88. The molecule has 4 heterocycles. The van der Waals surface area contributed by atoms with Crippen molar-refractivity contribution in [1.29, 1.82) is 0 Å². The van der Waals surface area contributed by atoms with Crippen molar-refractivity contribution in [2.45, 2.75) is 61.6 Å². The lowest BCUT2D eigenvalue weighted by Gasteiger charge is -2.30. The number of anilines is 1. The summed E-state index contributed by atoms with van der Waals surface area (Å²) in [5.41, 5.74) is 0.241. The minimum Gasteiger partial charge on any atom is -0.392 e. The maximum absolute atomic E-state index is 12.2. The zero-order valence-corrected chi connectivity index (χ0v) is 20.8. The molecule has 1 saturated heterocycles. The monoisotopic (exact) mass is 561 g/mol. The van der Waals surface area contributed by atoms with Crippen LogP contribution in [0.25, 0.3) is 11.0 Å². The highest BCUT2D eigenvalue weighted by Crippen LogP contribution is 2.56. The van der Waals surface area contributed by atoms with Gasteiger partial charge in [0.05, 0.1) is 24.8 Å². The second-order valence-corrected chi connectivity index (χ2v) is 11.0. The average Bonchev–Trinajstić information content (AvgIpc) is 3.64. The highest BCUT2D eigenvalue weighted by Gasteiger charge is 2.55. The Kier molecular flexibility index (Phi) is 7.16. The first-order valence-corrected chi connectivity index (χ1v) is 13.4. The van der Waals surface area contributed by atoms with Crippen molar-refractivity contribution < 1.29 is 39.1 Å². The number of aliphatic hydroxyl groups excluding tert-OH is 3. The topological polar surface area (TPSA) is 247 Å². The standard InChI is InChI=1S/C18H25ClN9O8P/c19-17-22-13(21-8-3-1-2-4-8)9-5-20-28(14(9)23-17)15-12(31)11(30)10(36-15)6-35-18(7-29,37(32,33)34)16-24-26-27-25-16/h5,8,10-12,15,29-31H,1-4,6-7H2,(H,21,22,23)(H2,32,33,34)(H,24,25,26,27)/t10-,11-,12-,15-,18?/m1/s1. The molecule has 17 nitrogen and oxygen atoms in total. The molecule has 0 spiro atoms. The maximum atomic E-state index is 12.2. The first-order valence-electron chi connectivity index (χ1n) is 11.4. The molecule has 1 unspecified atom stereocenters. The molecule has 3 aromatic rings. The number of aromatic amines is 1. The minimum atomic E-state index is -5.22. The van der Waals surface area contributed by atoms with Crippen molar-refractivity contribution in [2.75, 3.05) is 18.5 Å². The molecule has 3 aromatic heterocycles. The van der Waals surface area contributed by atoms with Crippen LogP contribution in [0, 0.1) is 0 Å². The van der Waals surface area contributed by atoms with Crippen molar-refractivity contribution in [3.8, 4) is 0 Å². The number of halogens is 1. The molecule has 2 fully saturated rings. The highest BCUT2D eigenvalue weighted by atomic mass is 35.5. The third kappa shape index (κ3) is 4.71. The van der Waals surface area contributed by atoms with E-state index in [2.05, 4.69) is 41.0 Å². The Morgan fingerprint density at radius 2 is 2.03 bits per heavy atom. The quantitative estimate of drug-likeness (QED) is 0.122. The Bertz CT molecular complexity index is 1290. The van der Waals surface area contributed by atoms with Gasteiger partial charge in [0.15, 0.2) is 11.9 Å². The van der Waals surface area contributed by atoms with E-state index >= 15 is 0 Å². The van der Waals surface area contributed by atoms with Crippen LogP contribution in [0.4, 0.5) is 5.82 Å². The number of nitrogens with zero attached hydrogens (tertiary/aromatic N) is 7. The average molecular weight is 562 g/mol. The van der Waals surface area contributed by atoms with E-state index in [1.807, 2.05) is 0 Å². The zero-order valence-electron chi connectivity index (χ0n) is 19.1. The lowest BCUT2D eigenvalue weighted by molar-refractivity contribution is -0.114. The fourth-order valence-electron chi connectivity index (χ4n) is 4.56. The molecule has 0 amide bonds. The van der Waals surface area contributed by atoms with Crippen molar-refractivity contribution in [3.05, 3.63) is 17.3 Å². The van der Waals surface area contributed by atoms with Gasteiger partial charge in [-0.3, -0.25) is 4.57 Å². The molecule has 0 bridgehead atoms. The van der Waals surface area contributed by atoms with Gasteiger partial charge in [-0.25, -0.2) is 4.68 Å². The van der Waals surface area contributed by atoms with E-state index in [-0.39, 0.29) is 17.0 Å². The Balaban J connectivity index is 1.39. The lowest BCUT2D eigenvalue weighted by Crippen LogP contribution is -2.40. The summed E-state index contributed by atoms with van der Waals surface area (Å²) in [4.78, 5) is 28.2. The van der Waals surface area contributed by atoms with Crippen LogP contribution in [-0.2, 0) is 19.4 Å². The molecule has 1 saturated carbocycles. The molecule has 7 N–H and O–H groups in total. The summed E-state index contributed by atoms with van der Waals surface area (Å²) in [5.74, 6) is -0.116. The van der Waals surface area contributed by atoms with Gasteiger partial charge >= 0.3 is 7.60 Å². The Morgan fingerprint density at radius 1 is 1.27 bits per heavy atom. The van der Waals surface area contributed by atoms with E-state index in [0.717, 1.165) is 25.7 Å². The van der Waals surface area contributed by atoms with Crippen LogP contribution in [0.3, 0.4) is 0 Å². The zero-order chi connectivity index (χ0) is 26.4. The van der Waals surface area contributed by atoms with Gasteiger partial charge in [-0.2, -0.15) is 20.3 Å². The van der Waals surface area contributed by atoms with Gasteiger partial charge < -0.3 is 39.9 Å². The van der Waals surface area contributed by atoms with Crippen LogP contribution >= 0.6 is 19.2 Å². The molecule has 1 aliphatic heterocycles. The molecular formula is C18H25ClN9O8P. The predicted molar refractivity (Wildman–Crippen MR) is 123 cm³/mol. The van der Waals surface area contributed by atoms with E-state index in [1.165, 1.54) is 10.9 Å². The van der Waals surface area contributed by atoms with E-state index in [0.29, 0.717) is 11.2 Å². The van der Waals surface area contributed by atoms with Crippen molar-refractivity contribution >= 4 is 36.0 Å². The van der Waals surface area contributed by atoms with Gasteiger partial charge in [0.2, 0.25) is 11.1 Å². The fourth-order valence-corrected chi connectivity index (χ4v) is 5.51. The number of fused-ring (bicyclic) bond motifs is 1. The summed E-state index contributed by atoms with van der Waals surface area (Å²) in [6, 6.07) is 0.231. The number of tetrazole rings is 1. The first-order chi connectivity index (χ1) is 17.6. The van der Waals surface area contributed by atoms with Crippen molar-refractivity contribution in [2.24, 2.45) is 0 Å². The molecule has 5 rings (SSSR count). The smallest absolute Gasteiger partial charge is 0.367 e. The third-order valence-electron chi connectivity index (χ3n) is 6.57. The number of aromatic nitrogens is 8. The van der Waals surface area contributed by atoms with Gasteiger partial charge in [0.25, 0.3) is 5.34 Å². The number of hydrogen-bond acceptors (Lipinski definition) is 13. The third-order valence-corrected chi connectivity index (χ3v) is 8.15. The van der Waals surface area contributed by atoms with Crippen molar-refractivity contribution in [3.63, 3.8) is 0 Å². The Labute approximate surface area is 213 Å². The molecule has 37 heavy (non-hydrogen) atoms. The molecule has 1 aliphatic carbocycles. The summed E-state index contributed by atoms with van der Waals surface area (Å²) >= 11 is 6.15. The molecule has 202 valence electrons. The summed E-state index contributed by atoms with van der Waals surface area (Å²) in [6.07, 6.45) is 0.0372. The van der Waals surface area contributed by atoms with Gasteiger partial charge in [-0.05, 0) is 24.4 Å². The van der Waals surface area contributed by atoms with E-state index in [1.54, 1.807) is 0 Å². The summed E-state index contributed by atoms with van der Waals surface area (Å²) < 4.78 is 24.6. The fraction of sp³-hybridized carbons (Fsp3) is 0.667. The number of aliphatic hydroxyl groups is 3. The van der Waals surface area contributed by atoms with Gasteiger partial charge in [-0.15, -0.1) is 10.2 Å². The predicted octanol–water partition coefficient (Wildman–Crippen LogP) is -0.994. The number of H-pyrrole nitrogens is 1. The summed E-state index contributed by atoms with van der Waals surface area (Å²) in [7, 11) is -5.22. The van der Waals surface area contributed by atoms with Crippen LogP contribution in [0.15, 0.2) is 6.20 Å². The second-order valence-electron chi connectivity index (χ2n) is 8.87. The van der Waals surface area contributed by atoms with Gasteiger partial charge in [-0.1, -0.05) is 18.1 Å². The van der Waals surface area contributed by atoms with E-state index in [9.17, 15) is 29.7 Å². The molecule has 2 aliphatic rings. The molecule has 5 atom stereocenters.